The minimum Gasteiger partial charge on any atom is -0.309 e. The lowest BCUT2D eigenvalue weighted by molar-refractivity contribution is 1.13. The second kappa shape index (κ2) is 13.1. The van der Waals surface area contributed by atoms with Gasteiger partial charge in [0.2, 0.25) is 0 Å². The summed E-state index contributed by atoms with van der Waals surface area (Å²) in [5, 5.41) is 4.98. The number of benzene rings is 8. The maximum atomic E-state index is 5.15. The third-order valence-electron chi connectivity index (χ3n) is 11.1. The van der Waals surface area contributed by atoms with Gasteiger partial charge in [-0.15, -0.1) is 0 Å². The highest BCUT2D eigenvalue weighted by Crippen LogP contribution is 2.39. The van der Waals surface area contributed by atoms with Crippen LogP contribution in [0.1, 0.15) is 0 Å². The zero-order chi connectivity index (χ0) is 37.0. The Hall–Kier alpha value is -7.49. The van der Waals surface area contributed by atoms with Crippen LogP contribution in [0.3, 0.4) is 0 Å². The zero-order valence-electron chi connectivity index (χ0n) is 30.5. The second-order valence-corrected chi connectivity index (χ2v) is 14.4. The van der Waals surface area contributed by atoms with Crippen molar-refractivity contribution in [2.24, 2.45) is 0 Å². The van der Waals surface area contributed by atoms with Crippen molar-refractivity contribution in [3.05, 3.63) is 212 Å². The lowest BCUT2D eigenvalue weighted by Crippen LogP contribution is -2.00. The van der Waals surface area contributed by atoms with E-state index in [0.29, 0.717) is 0 Å². The van der Waals surface area contributed by atoms with Crippen molar-refractivity contribution in [2.45, 2.75) is 0 Å². The van der Waals surface area contributed by atoms with Gasteiger partial charge < -0.3 is 9.13 Å². The van der Waals surface area contributed by atoms with E-state index in [0.717, 1.165) is 56.1 Å². The summed E-state index contributed by atoms with van der Waals surface area (Å²) in [6.45, 7) is 0. The van der Waals surface area contributed by atoms with E-state index in [4.69, 9.17) is 4.98 Å². The molecule has 56 heavy (non-hydrogen) atoms. The molecule has 0 bridgehead atoms. The Morgan fingerprint density at radius 2 is 0.589 bits per heavy atom. The molecule has 0 N–H and O–H groups in total. The predicted octanol–water partition coefficient (Wildman–Crippen LogP) is 13.9. The smallest absolute Gasteiger partial charge is 0.0715 e. The van der Waals surface area contributed by atoms with E-state index < -0.39 is 0 Å². The van der Waals surface area contributed by atoms with Crippen molar-refractivity contribution >= 4 is 43.6 Å². The molecule has 0 unspecified atom stereocenters. The van der Waals surface area contributed by atoms with Crippen LogP contribution in [0.5, 0.6) is 0 Å². The van der Waals surface area contributed by atoms with Crippen LogP contribution in [-0.4, -0.2) is 14.1 Å². The van der Waals surface area contributed by atoms with Crippen LogP contribution in [0.2, 0.25) is 0 Å². The largest absolute Gasteiger partial charge is 0.309 e. The van der Waals surface area contributed by atoms with Crippen molar-refractivity contribution in [2.75, 3.05) is 0 Å². The minimum atomic E-state index is 0.953. The van der Waals surface area contributed by atoms with Gasteiger partial charge in [0.05, 0.1) is 33.5 Å². The number of rotatable bonds is 6. The molecule has 0 radical (unpaired) electrons. The number of aromatic nitrogens is 3. The molecular weight excluding hydrogens is 679 g/mol. The monoisotopic (exact) mass is 713 g/mol. The first-order valence-electron chi connectivity index (χ1n) is 19.1. The van der Waals surface area contributed by atoms with Crippen molar-refractivity contribution in [3.8, 4) is 56.1 Å². The van der Waals surface area contributed by atoms with Gasteiger partial charge in [-0.1, -0.05) is 152 Å². The van der Waals surface area contributed by atoms with E-state index in [2.05, 4.69) is 221 Å². The highest BCUT2D eigenvalue weighted by molar-refractivity contribution is 6.10. The standard InChI is InChI=1S/C53H35N3/c1-3-16-36(17-4-1)48-33-41(34-49(54-48)37-18-5-2-6-19-37)39-21-15-20-38(30-39)40-31-42(55-50-26-11-7-22-44(50)45-23-8-12-27-51(45)55)35-43(32-40)56-52-28-13-9-24-46(52)47-25-10-14-29-53(47)56/h1-35H. The maximum Gasteiger partial charge on any atom is 0.0715 e. The SMILES string of the molecule is c1ccc(-c2cc(-c3cccc(-c4cc(-n5c6ccccc6c6ccccc65)cc(-n5c6ccccc6c6ccccc65)c4)c3)cc(-c3ccccc3)n2)cc1. The summed E-state index contributed by atoms with van der Waals surface area (Å²) in [5.41, 5.74) is 15.6. The summed E-state index contributed by atoms with van der Waals surface area (Å²) in [6.07, 6.45) is 0. The molecule has 0 saturated carbocycles. The summed E-state index contributed by atoms with van der Waals surface area (Å²) < 4.78 is 4.85. The van der Waals surface area contributed by atoms with Crippen molar-refractivity contribution in [1.82, 2.24) is 14.1 Å². The van der Waals surface area contributed by atoms with Crippen LogP contribution in [0.4, 0.5) is 0 Å². The minimum absolute atomic E-state index is 0.953. The lowest BCUT2D eigenvalue weighted by atomic mass is 9.96. The Kier molecular flexibility index (Phi) is 7.49. The first kappa shape index (κ1) is 32.0. The summed E-state index contributed by atoms with van der Waals surface area (Å²) in [7, 11) is 0. The van der Waals surface area contributed by atoms with Crippen LogP contribution < -0.4 is 0 Å². The van der Waals surface area contributed by atoms with Gasteiger partial charge in [0, 0.05) is 44.0 Å². The summed E-state index contributed by atoms with van der Waals surface area (Å²) in [6, 6.07) is 76.4. The molecule has 0 amide bonds. The molecule has 0 atom stereocenters. The molecule has 0 fully saturated rings. The fourth-order valence-corrected chi connectivity index (χ4v) is 8.51. The highest BCUT2D eigenvalue weighted by Gasteiger charge is 2.18. The fourth-order valence-electron chi connectivity index (χ4n) is 8.51. The number of para-hydroxylation sites is 4. The fraction of sp³-hybridized carbons (Fsp3) is 0. The Morgan fingerprint density at radius 3 is 1.00 bits per heavy atom. The Labute approximate surface area is 325 Å². The molecule has 3 aromatic heterocycles. The van der Waals surface area contributed by atoms with Crippen LogP contribution in [0.25, 0.3) is 99.8 Å². The molecule has 3 heterocycles. The van der Waals surface area contributed by atoms with Crippen LogP contribution in [-0.2, 0) is 0 Å². The molecule has 0 aliphatic carbocycles. The van der Waals surface area contributed by atoms with E-state index in [1.807, 2.05) is 0 Å². The summed E-state index contributed by atoms with van der Waals surface area (Å²) in [5.74, 6) is 0. The van der Waals surface area contributed by atoms with E-state index in [-0.39, 0.29) is 0 Å². The van der Waals surface area contributed by atoms with E-state index >= 15 is 0 Å². The van der Waals surface area contributed by atoms with Crippen LogP contribution in [0, 0.1) is 0 Å². The summed E-state index contributed by atoms with van der Waals surface area (Å²) >= 11 is 0. The van der Waals surface area contributed by atoms with Gasteiger partial charge in [0.1, 0.15) is 0 Å². The van der Waals surface area contributed by atoms with Gasteiger partial charge in [-0.2, -0.15) is 0 Å². The lowest BCUT2D eigenvalue weighted by Gasteiger charge is -2.16. The van der Waals surface area contributed by atoms with Gasteiger partial charge in [-0.3, -0.25) is 0 Å². The van der Waals surface area contributed by atoms with Gasteiger partial charge in [-0.25, -0.2) is 4.98 Å². The molecule has 11 aromatic rings. The first-order valence-corrected chi connectivity index (χ1v) is 19.1. The number of nitrogens with zero attached hydrogens (tertiary/aromatic N) is 3. The molecule has 11 rings (SSSR count). The number of fused-ring (bicyclic) bond motifs is 6. The van der Waals surface area contributed by atoms with Gasteiger partial charge >= 0.3 is 0 Å². The van der Waals surface area contributed by atoms with Crippen molar-refractivity contribution in [1.29, 1.82) is 0 Å². The highest BCUT2D eigenvalue weighted by atomic mass is 15.0. The third-order valence-corrected chi connectivity index (χ3v) is 11.1. The molecule has 0 saturated heterocycles. The average Bonchev–Trinajstić information content (AvgIpc) is 3.80. The van der Waals surface area contributed by atoms with Gasteiger partial charge in [-0.05, 0) is 82.9 Å². The predicted molar refractivity (Wildman–Crippen MR) is 235 cm³/mol. The number of hydrogen-bond donors (Lipinski definition) is 0. The topological polar surface area (TPSA) is 22.8 Å². The Bertz CT molecular complexity index is 2950. The first-order chi connectivity index (χ1) is 27.8. The molecule has 3 heteroatoms. The average molecular weight is 714 g/mol. The van der Waals surface area contributed by atoms with Crippen LogP contribution in [0.15, 0.2) is 212 Å². The second-order valence-electron chi connectivity index (χ2n) is 14.4. The molecule has 262 valence electrons. The Morgan fingerprint density at radius 1 is 0.250 bits per heavy atom. The van der Waals surface area contributed by atoms with E-state index in [1.54, 1.807) is 0 Å². The quantitative estimate of drug-likeness (QED) is 0.168. The molecule has 0 spiro atoms. The molecule has 3 nitrogen and oxygen atoms in total. The maximum absolute atomic E-state index is 5.15. The molecule has 8 aromatic carbocycles. The van der Waals surface area contributed by atoms with Gasteiger partial charge in [0.25, 0.3) is 0 Å². The van der Waals surface area contributed by atoms with Gasteiger partial charge in [0.15, 0.2) is 0 Å². The normalized spacial score (nSPS) is 11.6. The van der Waals surface area contributed by atoms with E-state index in [1.165, 1.54) is 43.6 Å². The molecular formula is C53H35N3. The zero-order valence-corrected chi connectivity index (χ0v) is 30.5. The van der Waals surface area contributed by atoms with E-state index in [9.17, 15) is 0 Å². The van der Waals surface area contributed by atoms with Crippen molar-refractivity contribution < 1.29 is 0 Å². The third kappa shape index (κ3) is 5.32. The summed E-state index contributed by atoms with van der Waals surface area (Å²) in [4.78, 5) is 5.15. The number of pyridine rings is 1. The molecule has 0 aliphatic heterocycles. The Balaban J connectivity index is 1.16. The number of hydrogen-bond acceptors (Lipinski definition) is 1. The van der Waals surface area contributed by atoms with Crippen LogP contribution >= 0.6 is 0 Å². The molecule has 0 aliphatic rings. The van der Waals surface area contributed by atoms with Crippen molar-refractivity contribution in [3.63, 3.8) is 0 Å².